The number of nitrogens with two attached hydrogens (primary N) is 1. The minimum Gasteiger partial charge on any atom is -0.443 e. The Morgan fingerprint density at radius 1 is 1.38 bits per heavy atom. The molecule has 0 atom stereocenters. The zero-order valence-corrected chi connectivity index (χ0v) is 12.8. The number of aryl methyl sites for hydroxylation is 1. The lowest BCUT2D eigenvalue weighted by atomic mass is 10.2. The van der Waals surface area contributed by atoms with Crippen LogP contribution in [0.2, 0.25) is 0 Å². The minimum absolute atomic E-state index is 0.000732. The van der Waals surface area contributed by atoms with E-state index in [1.807, 2.05) is 0 Å². The number of hydrogen-bond acceptors (Lipinski definition) is 6. The second-order valence-electron chi connectivity index (χ2n) is 5.04. The molecule has 122 valence electrons. The maximum atomic E-state index is 13.1. The summed E-state index contributed by atoms with van der Waals surface area (Å²) in [5.74, 6) is -0.623. The largest absolute Gasteiger partial charge is 0.443 e. The predicted octanol–water partition coefficient (Wildman–Crippen LogP) is 2.09. The van der Waals surface area contributed by atoms with Crippen LogP contribution in [-0.2, 0) is 6.54 Å². The van der Waals surface area contributed by atoms with Crippen LogP contribution in [0.3, 0.4) is 0 Å². The van der Waals surface area contributed by atoms with E-state index in [0.29, 0.717) is 17.0 Å². The average molecular weight is 327 g/mol. The van der Waals surface area contributed by atoms with Crippen molar-refractivity contribution in [2.24, 2.45) is 0 Å². The van der Waals surface area contributed by atoms with Crippen molar-refractivity contribution in [3.05, 3.63) is 59.5 Å². The second-order valence-corrected chi connectivity index (χ2v) is 5.04. The summed E-state index contributed by atoms with van der Waals surface area (Å²) in [7, 11) is 0. The normalized spacial score (nSPS) is 10.6. The number of aromatic nitrogens is 3. The summed E-state index contributed by atoms with van der Waals surface area (Å²) in [5.41, 5.74) is 7.29. The molecule has 0 saturated carbocycles. The summed E-state index contributed by atoms with van der Waals surface area (Å²) < 4.78 is 18.3. The highest BCUT2D eigenvalue weighted by atomic mass is 19.1. The number of carbonyl (C=O) groups is 1. The summed E-state index contributed by atoms with van der Waals surface area (Å²) in [6, 6.07) is 5.95. The molecule has 0 aliphatic carbocycles. The SMILES string of the molecule is Cc1nc(C(=O)NCc2cccc(F)c2)c(N)nc1-c1ncco1. The zero-order chi connectivity index (χ0) is 17.1. The summed E-state index contributed by atoms with van der Waals surface area (Å²) in [6.45, 7) is 1.83. The van der Waals surface area contributed by atoms with E-state index in [9.17, 15) is 9.18 Å². The van der Waals surface area contributed by atoms with E-state index in [0.717, 1.165) is 0 Å². The number of nitrogen functional groups attached to an aromatic ring is 1. The van der Waals surface area contributed by atoms with Gasteiger partial charge in [0.1, 0.15) is 17.8 Å². The Labute approximate surface area is 136 Å². The van der Waals surface area contributed by atoms with Crippen LogP contribution in [0, 0.1) is 12.7 Å². The van der Waals surface area contributed by atoms with E-state index in [1.165, 1.54) is 24.6 Å². The van der Waals surface area contributed by atoms with Gasteiger partial charge in [-0.05, 0) is 24.6 Å². The van der Waals surface area contributed by atoms with E-state index in [1.54, 1.807) is 19.1 Å². The number of rotatable bonds is 4. The summed E-state index contributed by atoms with van der Waals surface area (Å²) in [6.07, 6.45) is 2.89. The molecule has 0 unspecified atom stereocenters. The number of nitrogens with zero attached hydrogens (tertiary/aromatic N) is 3. The number of anilines is 1. The molecule has 1 aromatic carbocycles. The van der Waals surface area contributed by atoms with Crippen LogP contribution in [0.1, 0.15) is 21.7 Å². The maximum absolute atomic E-state index is 13.1. The fourth-order valence-electron chi connectivity index (χ4n) is 2.16. The molecule has 3 N–H and O–H groups in total. The van der Waals surface area contributed by atoms with Crippen molar-refractivity contribution in [2.45, 2.75) is 13.5 Å². The smallest absolute Gasteiger partial charge is 0.273 e. The van der Waals surface area contributed by atoms with Crippen LogP contribution in [0.25, 0.3) is 11.6 Å². The number of halogens is 1. The Hall–Kier alpha value is -3.29. The van der Waals surface area contributed by atoms with Gasteiger partial charge in [-0.3, -0.25) is 4.79 Å². The number of oxazole rings is 1. The van der Waals surface area contributed by atoms with Crippen molar-refractivity contribution in [1.82, 2.24) is 20.3 Å². The molecule has 2 heterocycles. The van der Waals surface area contributed by atoms with Crippen LogP contribution < -0.4 is 11.1 Å². The Bertz CT molecular complexity index is 880. The van der Waals surface area contributed by atoms with Gasteiger partial charge < -0.3 is 15.5 Å². The Kier molecular flexibility index (Phi) is 4.19. The predicted molar refractivity (Wildman–Crippen MR) is 84.2 cm³/mol. The number of hydrogen-bond donors (Lipinski definition) is 2. The topological polar surface area (TPSA) is 107 Å². The standard InChI is InChI=1S/C16H14FN5O2/c1-9-12(16-19-5-6-24-16)22-14(18)13(21-9)15(23)20-8-10-3-2-4-11(17)7-10/h2-7H,8H2,1H3,(H2,18,22)(H,20,23). The molecule has 24 heavy (non-hydrogen) atoms. The molecule has 8 heteroatoms. The van der Waals surface area contributed by atoms with Crippen molar-refractivity contribution >= 4 is 11.7 Å². The Morgan fingerprint density at radius 3 is 2.92 bits per heavy atom. The highest BCUT2D eigenvalue weighted by Gasteiger charge is 2.18. The lowest BCUT2D eigenvalue weighted by molar-refractivity contribution is 0.0946. The minimum atomic E-state index is -0.494. The van der Waals surface area contributed by atoms with Crippen molar-refractivity contribution in [1.29, 1.82) is 0 Å². The Morgan fingerprint density at radius 2 is 2.21 bits per heavy atom. The molecule has 0 bridgehead atoms. The number of amides is 1. The second kappa shape index (κ2) is 6.45. The fourth-order valence-corrected chi connectivity index (χ4v) is 2.16. The molecule has 0 aliphatic rings. The number of nitrogens with one attached hydrogen (secondary N) is 1. The first-order chi connectivity index (χ1) is 11.5. The zero-order valence-electron chi connectivity index (χ0n) is 12.8. The average Bonchev–Trinajstić information content (AvgIpc) is 3.08. The van der Waals surface area contributed by atoms with Gasteiger partial charge in [-0.15, -0.1) is 0 Å². The monoisotopic (exact) mass is 327 g/mol. The van der Waals surface area contributed by atoms with Crippen LogP contribution in [0.4, 0.5) is 10.2 Å². The van der Waals surface area contributed by atoms with Crippen LogP contribution in [0.5, 0.6) is 0 Å². The maximum Gasteiger partial charge on any atom is 0.273 e. The molecule has 0 radical (unpaired) electrons. The molecule has 7 nitrogen and oxygen atoms in total. The molecule has 3 aromatic rings. The van der Waals surface area contributed by atoms with Gasteiger partial charge >= 0.3 is 0 Å². The summed E-state index contributed by atoms with van der Waals surface area (Å²) >= 11 is 0. The van der Waals surface area contributed by atoms with Gasteiger partial charge in [-0.1, -0.05) is 12.1 Å². The third kappa shape index (κ3) is 3.22. The summed E-state index contributed by atoms with van der Waals surface area (Å²) in [4.78, 5) is 24.6. The van der Waals surface area contributed by atoms with Crippen molar-refractivity contribution < 1.29 is 13.6 Å². The van der Waals surface area contributed by atoms with Crippen molar-refractivity contribution in [2.75, 3.05) is 5.73 Å². The third-order valence-electron chi connectivity index (χ3n) is 3.29. The van der Waals surface area contributed by atoms with Gasteiger partial charge in [0.05, 0.1) is 11.9 Å². The van der Waals surface area contributed by atoms with Crippen LogP contribution in [-0.4, -0.2) is 20.9 Å². The lowest BCUT2D eigenvalue weighted by Gasteiger charge is -2.09. The Balaban J connectivity index is 1.79. The molecule has 0 spiro atoms. The third-order valence-corrected chi connectivity index (χ3v) is 3.29. The molecular formula is C16H14FN5O2. The van der Waals surface area contributed by atoms with Crippen LogP contribution in [0.15, 0.2) is 41.1 Å². The quantitative estimate of drug-likeness (QED) is 0.760. The highest BCUT2D eigenvalue weighted by molar-refractivity contribution is 5.96. The highest BCUT2D eigenvalue weighted by Crippen LogP contribution is 2.20. The molecule has 0 saturated heterocycles. The van der Waals surface area contributed by atoms with E-state index >= 15 is 0 Å². The van der Waals surface area contributed by atoms with Gasteiger partial charge in [-0.2, -0.15) is 0 Å². The first kappa shape index (κ1) is 15.6. The van der Waals surface area contributed by atoms with Gasteiger partial charge in [0.25, 0.3) is 5.91 Å². The molecule has 0 fully saturated rings. The molecule has 1 amide bonds. The molecule has 2 aromatic heterocycles. The van der Waals surface area contributed by atoms with E-state index in [-0.39, 0.29) is 29.8 Å². The van der Waals surface area contributed by atoms with Gasteiger partial charge in [0, 0.05) is 6.54 Å². The van der Waals surface area contributed by atoms with Gasteiger partial charge in [0.15, 0.2) is 11.5 Å². The number of carbonyl (C=O) groups excluding carboxylic acids is 1. The molecular weight excluding hydrogens is 313 g/mol. The van der Waals surface area contributed by atoms with E-state index < -0.39 is 5.91 Å². The van der Waals surface area contributed by atoms with E-state index in [2.05, 4.69) is 20.3 Å². The fraction of sp³-hybridized carbons (Fsp3) is 0.125. The lowest BCUT2D eigenvalue weighted by Crippen LogP contribution is -2.26. The number of benzene rings is 1. The van der Waals surface area contributed by atoms with Gasteiger partial charge in [-0.25, -0.2) is 19.3 Å². The summed E-state index contributed by atoms with van der Waals surface area (Å²) in [5, 5.41) is 2.64. The first-order valence-corrected chi connectivity index (χ1v) is 7.11. The molecule has 3 rings (SSSR count). The van der Waals surface area contributed by atoms with Crippen molar-refractivity contribution in [3.63, 3.8) is 0 Å². The van der Waals surface area contributed by atoms with E-state index in [4.69, 9.17) is 10.2 Å². The first-order valence-electron chi connectivity index (χ1n) is 7.11. The molecule has 0 aliphatic heterocycles. The van der Waals surface area contributed by atoms with Gasteiger partial charge in [0.2, 0.25) is 5.89 Å². The van der Waals surface area contributed by atoms with Crippen LogP contribution >= 0.6 is 0 Å². The van der Waals surface area contributed by atoms with Crippen molar-refractivity contribution in [3.8, 4) is 11.6 Å².